The summed E-state index contributed by atoms with van der Waals surface area (Å²) >= 11 is 0. The molecule has 2 aliphatic rings. The van der Waals surface area contributed by atoms with E-state index in [4.69, 9.17) is 0 Å². The molecule has 0 radical (unpaired) electrons. The highest BCUT2D eigenvalue weighted by molar-refractivity contribution is 6.00. The molecule has 4 nitrogen and oxygen atoms in total. The lowest BCUT2D eigenvalue weighted by atomic mass is 9.82. The van der Waals surface area contributed by atoms with Gasteiger partial charge in [0.1, 0.15) is 0 Å². The molecule has 0 bridgehead atoms. The predicted octanol–water partition coefficient (Wildman–Crippen LogP) is 3.70. The first-order valence-electron chi connectivity index (χ1n) is 10.0. The number of likely N-dealkylation sites (N-methyl/N-ethyl adjacent to an activating group) is 1. The van der Waals surface area contributed by atoms with Crippen molar-refractivity contribution in [2.75, 3.05) is 38.6 Å². The quantitative estimate of drug-likeness (QED) is 0.889. The molecule has 0 aromatic heterocycles. The van der Waals surface area contributed by atoms with Crippen molar-refractivity contribution in [3.05, 3.63) is 70.3 Å². The minimum atomic E-state index is 0.147. The monoisotopic (exact) mass is 375 g/mol. The van der Waals surface area contributed by atoms with Crippen LogP contribution in [-0.4, -0.2) is 44.5 Å². The highest BCUT2D eigenvalue weighted by Gasteiger charge is 2.34. The van der Waals surface area contributed by atoms with Gasteiger partial charge in [0.15, 0.2) is 0 Å². The van der Waals surface area contributed by atoms with E-state index < -0.39 is 0 Å². The van der Waals surface area contributed by atoms with Crippen molar-refractivity contribution in [3.63, 3.8) is 0 Å². The molecule has 4 rings (SSSR count). The fourth-order valence-corrected chi connectivity index (χ4v) is 4.36. The van der Waals surface area contributed by atoms with E-state index in [-0.39, 0.29) is 11.9 Å². The molecule has 0 spiro atoms. The molecule has 1 N–H and O–H groups in total. The summed E-state index contributed by atoms with van der Waals surface area (Å²) in [5.41, 5.74) is 8.91. The summed E-state index contributed by atoms with van der Waals surface area (Å²) in [6, 6.07) is 15.2. The van der Waals surface area contributed by atoms with Crippen molar-refractivity contribution in [2.24, 2.45) is 0 Å². The molecule has 0 saturated carbocycles. The predicted molar refractivity (Wildman–Crippen MR) is 116 cm³/mol. The molecule has 146 valence electrons. The number of rotatable bonds is 3. The zero-order valence-corrected chi connectivity index (χ0v) is 17.2. The summed E-state index contributed by atoms with van der Waals surface area (Å²) in [7, 11) is 3.89. The zero-order valence-electron chi connectivity index (χ0n) is 17.2. The summed E-state index contributed by atoms with van der Waals surface area (Å²) in [5.74, 6) is 0.147. The first kappa shape index (κ1) is 18.9. The number of hydrogen-bond donors (Lipinski definition) is 1. The van der Waals surface area contributed by atoms with Crippen molar-refractivity contribution in [3.8, 4) is 0 Å². The number of nitrogens with one attached hydrogen (secondary N) is 1. The maximum atomic E-state index is 13.0. The Bertz CT molecular complexity index is 945. The summed E-state index contributed by atoms with van der Waals surface area (Å²) in [6.07, 6.45) is 1.00. The van der Waals surface area contributed by atoms with E-state index in [0.717, 1.165) is 18.7 Å². The summed E-state index contributed by atoms with van der Waals surface area (Å²) in [6.45, 7) is 6.34. The molecule has 28 heavy (non-hydrogen) atoms. The summed E-state index contributed by atoms with van der Waals surface area (Å²) in [5, 5.41) is 3.71. The van der Waals surface area contributed by atoms with Crippen LogP contribution in [-0.2, 0) is 4.79 Å². The number of benzene rings is 2. The van der Waals surface area contributed by atoms with Gasteiger partial charge in [0, 0.05) is 18.7 Å². The van der Waals surface area contributed by atoms with Gasteiger partial charge in [-0.25, -0.2) is 0 Å². The van der Waals surface area contributed by atoms with Crippen LogP contribution in [0.4, 0.5) is 5.69 Å². The molecular weight excluding hydrogens is 346 g/mol. The van der Waals surface area contributed by atoms with Gasteiger partial charge in [0.2, 0.25) is 5.91 Å². The molecule has 1 atom stereocenters. The third kappa shape index (κ3) is 3.38. The van der Waals surface area contributed by atoms with Crippen molar-refractivity contribution in [2.45, 2.75) is 26.3 Å². The van der Waals surface area contributed by atoms with E-state index in [1.807, 2.05) is 30.0 Å². The van der Waals surface area contributed by atoms with E-state index in [1.54, 1.807) is 0 Å². The minimum absolute atomic E-state index is 0.147. The number of hydrogen-bond acceptors (Lipinski definition) is 3. The molecule has 0 saturated heterocycles. The fourth-order valence-electron chi connectivity index (χ4n) is 4.36. The van der Waals surface area contributed by atoms with Crippen LogP contribution in [0.2, 0.25) is 0 Å². The second-order valence-corrected chi connectivity index (χ2v) is 8.22. The topological polar surface area (TPSA) is 35.6 Å². The van der Waals surface area contributed by atoms with Gasteiger partial charge in [-0.1, -0.05) is 36.4 Å². The van der Waals surface area contributed by atoms with Crippen molar-refractivity contribution < 1.29 is 4.79 Å². The molecule has 4 heteroatoms. The molecule has 0 fully saturated rings. The number of carbonyl (C=O) groups is 1. The zero-order chi connectivity index (χ0) is 19.8. The number of anilines is 1. The van der Waals surface area contributed by atoms with E-state index in [2.05, 4.69) is 55.6 Å². The minimum Gasteiger partial charge on any atom is -0.307 e. The first-order chi connectivity index (χ1) is 13.5. The van der Waals surface area contributed by atoms with E-state index in [1.165, 1.54) is 33.4 Å². The molecular formula is C24H29N3O. The average molecular weight is 376 g/mol. The number of amides is 1. The average Bonchev–Trinajstić information content (AvgIpc) is 2.68. The molecule has 2 aliphatic heterocycles. The third-order valence-electron chi connectivity index (χ3n) is 5.92. The van der Waals surface area contributed by atoms with E-state index in [0.29, 0.717) is 13.1 Å². The second kappa shape index (κ2) is 7.53. The van der Waals surface area contributed by atoms with Crippen LogP contribution in [0, 0.1) is 13.8 Å². The summed E-state index contributed by atoms with van der Waals surface area (Å²) in [4.78, 5) is 16.9. The largest absolute Gasteiger partial charge is 0.307 e. The number of aryl methyl sites for hydroxylation is 2. The van der Waals surface area contributed by atoms with Crippen LogP contribution >= 0.6 is 0 Å². The van der Waals surface area contributed by atoms with Crippen LogP contribution in [0.3, 0.4) is 0 Å². The van der Waals surface area contributed by atoms with Crippen LogP contribution in [0.15, 0.2) is 48.0 Å². The van der Waals surface area contributed by atoms with Crippen LogP contribution < -0.4 is 10.2 Å². The van der Waals surface area contributed by atoms with Gasteiger partial charge in [0.05, 0.1) is 18.3 Å². The van der Waals surface area contributed by atoms with Gasteiger partial charge >= 0.3 is 0 Å². The first-order valence-corrected chi connectivity index (χ1v) is 10.0. The lowest BCUT2D eigenvalue weighted by Gasteiger charge is -2.39. The van der Waals surface area contributed by atoms with E-state index >= 15 is 0 Å². The lowest BCUT2D eigenvalue weighted by molar-refractivity contribution is -0.119. The van der Waals surface area contributed by atoms with Crippen LogP contribution in [0.1, 0.15) is 34.7 Å². The van der Waals surface area contributed by atoms with E-state index in [9.17, 15) is 4.79 Å². The molecule has 0 aliphatic carbocycles. The van der Waals surface area contributed by atoms with Gasteiger partial charge in [-0.3, -0.25) is 4.79 Å². The number of para-hydroxylation sites is 1. The van der Waals surface area contributed by atoms with Crippen molar-refractivity contribution in [1.29, 1.82) is 0 Å². The molecule has 2 aromatic rings. The Labute approximate surface area is 167 Å². The van der Waals surface area contributed by atoms with Gasteiger partial charge in [0.25, 0.3) is 0 Å². The van der Waals surface area contributed by atoms with Crippen LogP contribution in [0.25, 0.3) is 5.57 Å². The standard InChI is InChI=1S/C24H29N3O/c1-16-9-10-18(13-17(16)2)24-21-14-27(23(28)15-26(3)4)22-8-6-5-7-20(22)19(21)11-12-25-24/h5-10,13,24-25H,11-12,14-15H2,1-4H3. The highest BCUT2D eigenvalue weighted by Crippen LogP contribution is 2.43. The van der Waals surface area contributed by atoms with Gasteiger partial charge in [-0.05, 0) is 68.3 Å². The Morgan fingerprint density at radius 1 is 1.14 bits per heavy atom. The van der Waals surface area contributed by atoms with Crippen molar-refractivity contribution >= 4 is 17.2 Å². The molecule has 2 heterocycles. The highest BCUT2D eigenvalue weighted by atomic mass is 16.2. The Hall–Kier alpha value is -2.43. The SMILES string of the molecule is Cc1ccc(C2NCCC3=C2CN(C(=O)CN(C)C)c2ccccc23)cc1C. The third-order valence-corrected chi connectivity index (χ3v) is 5.92. The number of fused-ring (bicyclic) bond motifs is 2. The molecule has 1 amide bonds. The lowest BCUT2D eigenvalue weighted by Crippen LogP contribution is -2.44. The molecule has 1 unspecified atom stereocenters. The fraction of sp³-hybridized carbons (Fsp3) is 0.375. The van der Waals surface area contributed by atoms with Gasteiger partial charge in [-0.2, -0.15) is 0 Å². The van der Waals surface area contributed by atoms with Crippen molar-refractivity contribution in [1.82, 2.24) is 10.2 Å². The number of carbonyl (C=O) groups excluding carboxylic acids is 1. The second-order valence-electron chi connectivity index (χ2n) is 8.22. The summed E-state index contributed by atoms with van der Waals surface area (Å²) < 4.78 is 0. The van der Waals surface area contributed by atoms with Crippen LogP contribution in [0.5, 0.6) is 0 Å². The number of nitrogens with zero attached hydrogens (tertiary/aromatic N) is 2. The Morgan fingerprint density at radius 2 is 1.93 bits per heavy atom. The van der Waals surface area contributed by atoms with Gasteiger partial charge in [-0.15, -0.1) is 0 Å². The molecule has 2 aromatic carbocycles. The maximum absolute atomic E-state index is 13.0. The maximum Gasteiger partial charge on any atom is 0.241 e. The smallest absolute Gasteiger partial charge is 0.241 e. The Balaban J connectivity index is 1.79. The normalized spacial score (nSPS) is 18.9. The Kier molecular flexibility index (Phi) is 5.09. The van der Waals surface area contributed by atoms with Gasteiger partial charge < -0.3 is 15.1 Å². The Morgan fingerprint density at radius 3 is 2.68 bits per heavy atom.